The molecule has 2 aromatic carbocycles. The molecular weight excluding hydrogens is 270 g/mol. The molecule has 3 rings (SSSR count). The van der Waals surface area contributed by atoms with E-state index in [4.69, 9.17) is 0 Å². The van der Waals surface area contributed by atoms with Gasteiger partial charge < -0.3 is 0 Å². The third kappa shape index (κ3) is 3.06. The molecule has 21 heavy (non-hydrogen) atoms. The lowest BCUT2D eigenvalue weighted by Gasteiger charge is -2.16. The molecule has 0 saturated heterocycles. The summed E-state index contributed by atoms with van der Waals surface area (Å²) in [5.74, 6) is 0. The van der Waals surface area contributed by atoms with Gasteiger partial charge in [0.2, 0.25) is 0 Å². The highest BCUT2D eigenvalue weighted by atomic mass is 28.3. The molecule has 0 aliphatic rings. The number of para-hydroxylation sites is 1. The first-order valence-corrected chi connectivity index (χ1v) is 11.0. The first-order valence-electron chi connectivity index (χ1n) is 7.46. The zero-order chi connectivity index (χ0) is 14.9. The molecule has 1 heterocycles. The maximum Gasteiger partial charge on any atom is 0.0775 e. The van der Waals surface area contributed by atoms with Crippen LogP contribution in [0.3, 0.4) is 0 Å². The van der Waals surface area contributed by atoms with Crippen molar-refractivity contribution >= 4 is 24.2 Å². The highest BCUT2D eigenvalue weighted by Gasteiger charge is 2.15. The molecule has 0 radical (unpaired) electrons. The number of benzene rings is 2. The second-order valence-corrected chi connectivity index (χ2v) is 11.7. The lowest BCUT2D eigenvalue weighted by atomic mass is 10.0. The fourth-order valence-corrected chi connectivity index (χ4v) is 3.82. The van der Waals surface area contributed by atoms with Crippen molar-refractivity contribution in [2.45, 2.75) is 26.1 Å². The summed E-state index contributed by atoms with van der Waals surface area (Å²) in [6.07, 6.45) is 2.82. The molecule has 3 aromatic rings. The quantitative estimate of drug-likeness (QED) is 0.653. The zero-order valence-corrected chi connectivity index (χ0v) is 13.9. The Bertz CT molecular complexity index is 749. The van der Waals surface area contributed by atoms with Crippen LogP contribution < -0.4 is 5.19 Å². The number of pyridine rings is 1. The monoisotopic (exact) mass is 291 g/mol. The molecule has 0 unspecified atom stereocenters. The molecule has 2 heteroatoms. The third-order valence-corrected chi connectivity index (χ3v) is 6.00. The van der Waals surface area contributed by atoms with Gasteiger partial charge in [0.15, 0.2) is 0 Å². The van der Waals surface area contributed by atoms with E-state index in [1.807, 2.05) is 12.3 Å². The van der Waals surface area contributed by atoms with Crippen LogP contribution in [-0.4, -0.2) is 13.1 Å². The molecule has 0 atom stereocenters. The number of aromatic nitrogens is 1. The van der Waals surface area contributed by atoms with Crippen molar-refractivity contribution in [2.24, 2.45) is 0 Å². The summed E-state index contributed by atoms with van der Waals surface area (Å²) in [5.41, 5.74) is 3.78. The topological polar surface area (TPSA) is 12.9 Å². The molecule has 1 nitrogen and oxygen atoms in total. The van der Waals surface area contributed by atoms with Crippen LogP contribution in [-0.2, 0) is 6.42 Å². The highest BCUT2D eigenvalue weighted by Crippen LogP contribution is 2.19. The van der Waals surface area contributed by atoms with Crippen LogP contribution in [0.25, 0.3) is 10.9 Å². The van der Waals surface area contributed by atoms with Gasteiger partial charge in [-0.1, -0.05) is 73.4 Å². The van der Waals surface area contributed by atoms with E-state index < -0.39 is 8.07 Å². The maximum atomic E-state index is 4.54. The van der Waals surface area contributed by atoms with Crippen molar-refractivity contribution in [3.63, 3.8) is 0 Å². The minimum Gasteiger partial charge on any atom is -0.256 e. The fraction of sp³-hybridized carbons (Fsp3) is 0.211. The highest BCUT2D eigenvalue weighted by molar-refractivity contribution is 6.88. The van der Waals surface area contributed by atoms with Crippen LogP contribution >= 0.6 is 0 Å². The van der Waals surface area contributed by atoms with Gasteiger partial charge in [0.1, 0.15) is 0 Å². The molecule has 0 saturated carbocycles. The van der Waals surface area contributed by atoms with E-state index in [1.165, 1.54) is 21.7 Å². The molecular formula is C19H21NSi. The number of hydrogen-bond donors (Lipinski definition) is 0. The average Bonchev–Trinajstić information content (AvgIpc) is 2.47. The van der Waals surface area contributed by atoms with E-state index >= 15 is 0 Å². The van der Waals surface area contributed by atoms with E-state index in [9.17, 15) is 0 Å². The van der Waals surface area contributed by atoms with Gasteiger partial charge in [-0.25, -0.2) is 0 Å². The van der Waals surface area contributed by atoms with E-state index in [2.05, 4.69) is 73.2 Å². The number of hydrogen-bond acceptors (Lipinski definition) is 1. The lowest BCUT2D eigenvalue weighted by Crippen LogP contribution is -2.37. The van der Waals surface area contributed by atoms with Gasteiger partial charge in [-0.05, 0) is 23.6 Å². The van der Waals surface area contributed by atoms with Crippen molar-refractivity contribution < 1.29 is 0 Å². The van der Waals surface area contributed by atoms with Crippen LogP contribution in [0.4, 0.5) is 0 Å². The van der Waals surface area contributed by atoms with Crippen LogP contribution in [0.1, 0.15) is 11.1 Å². The van der Waals surface area contributed by atoms with Crippen molar-refractivity contribution in [3.05, 3.63) is 71.9 Å². The summed E-state index contributed by atoms with van der Waals surface area (Å²) in [4.78, 5) is 4.54. The van der Waals surface area contributed by atoms with Gasteiger partial charge in [0.05, 0.1) is 13.6 Å². The molecule has 0 spiro atoms. The minimum absolute atomic E-state index is 0.945. The SMILES string of the molecule is C[Si](C)(C)c1ccc(Cc2cccc3cccnc23)cc1. The fourth-order valence-electron chi connectivity index (χ4n) is 2.65. The number of fused-ring (bicyclic) bond motifs is 1. The average molecular weight is 291 g/mol. The number of rotatable bonds is 3. The first-order chi connectivity index (χ1) is 10.0. The Hall–Kier alpha value is -1.93. The van der Waals surface area contributed by atoms with Gasteiger partial charge in [0, 0.05) is 11.6 Å². The Morgan fingerprint density at radius 2 is 1.57 bits per heavy atom. The Labute approximate surface area is 127 Å². The van der Waals surface area contributed by atoms with Crippen molar-refractivity contribution in [2.75, 3.05) is 0 Å². The molecule has 0 aliphatic carbocycles. The van der Waals surface area contributed by atoms with Gasteiger partial charge in [-0.2, -0.15) is 0 Å². The second-order valence-electron chi connectivity index (χ2n) is 6.62. The van der Waals surface area contributed by atoms with Gasteiger partial charge in [-0.15, -0.1) is 0 Å². The van der Waals surface area contributed by atoms with E-state index in [0.717, 1.165) is 11.9 Å². The maximum absolute atomic E-state index is 4.54. The molecule has 0 amide bonds. The van der Waals surface area contributed by atoms with E-state index in [1.54, 1.807) is 0 Å². The summed E-state index contributed by atoms with van der Waals surface area (Å²) in [7, 11) is -1.20. The van der Waals surface area contributed by atoms with Crippen LogP contribution in [0.5, 0.6) is 0 Å². The molecule has 0 aliphatic heterocycles. The predicted octanol–water partition coefficient (Wildman–Crippen LogP) is 4.37. The summed E-state index contributed by atoms with van der Waals surface area (Å²) < 4.78 is 0. The summed E-state index contributed by atoms with van der Waals surface area (Å²) in [6.45, 7) is 7.16. The van der Waals surface area contributed by atoms with Gasteiger partial charge in [-0.3, -0.25) is 4.98 Å². The largest absolute Gasteiger partial charge is 0.256 e. The van der Waals surface area contributed by atoms with Crippen LogP contribution in [0.2, 0.25) is 19.6 Å². The minimum atomic E-state index is -1.20. The Kier molecular flexibility index (Phi) is 3.64. The van der Waals surface area contributed by atoms with Crippen LogP contribution in [0, 0.1) is 0 Å². The third-order valence-electron chi connectivity index (χ3n) is 3.93. The predicted molar refractivity (Wildman–Crippen MR) is 94.0 cm³/mol. The summed E-state index contributed by atoms with van der Waals surface area (Å²) in [5, 5.41) is 2.73. The first kappa shape index (κ1) is 14.0. The Morgan fingerprint density at radius 1 is 0.857 bits per heavy atom. The molecule has 0 bridgehead atoms. The molecule has 106 valence electrons. The van der Waals surface area contributed by atoms with Gasteiger partial charge in [0.25, 0.3) is 0 Å². The van der Waals surface area contributed by atoms with Crippen molar-refractivity contribution in [3.8, 4) is 0 Å². The summed E-state index contributed by atoms with van der Waals surface area (Å²) in [6, 6.07) is 19.7. The Morgan fingerprint density at radius 3 is 2.29 bits per heavy atom. The van der Waals surface area contributed by atoms with Gasteiger partial charge >= 0.3 is 0 Å². The Balaban J connectivity index is 1.92. The number of nitrogens with zero attached hydrogens (tertiary/aromatic N) is 1. The molecule has 1 aromatic heterocycles. The molecule has 0 N–H and O–H groups in total. The zero-order valence-electron chi connectivity index (χ0n) is 12.9. The smallest absolute Gasteiger partial charge is 0.0775 e. The van der Waals surface area contributed by atoms with Crippen molar-refractivity contribution in [1.29, 1.82) is 0 Å². The molecule has 0 fully saturated rings. The normalized spacial score (nSPS) is 11.8. The van der Waals surface area contributed by atoms with Crippen molar-refractivity contribution in [1.82, 2.24) is 4.98 Å². The standard InChI is InChI=1S/C19H21NSi/c1-21(2,3)18-11-9-15(10-12-18)14-17-7-4-6-16-8-5-13-20-19(16)17/h4-13H,14H2,1-3H3. The lowest BCUT2D eigenvalue weighted by molar-refractivity contribution is 1.20. The second kappa shape index (κ2) is 5.45. The summed E-state index contributed by atoms with van der Waals surface area (Å²) >= 11 is 0. The van der Waals surface area contributed by atoms with Crippen LogP contribution in [0.15, 0.2) is 60.8 Å². The van der Waals surface area contributed by atoms with E-state index in [-0.39, 0.29) is 0 Å². The van der Waals surface area contributed by atoms with E-state index in [0.29, 0.717) is 0 Å².